The third-order valence-electron chi connectivity index (χ3n) is 4.70. The van der Waals surface area contributed by atoms with Crippen molar-refractivity contribution in [3.8, 4) is 0 Å². The minimum Gasteiger partial charge on any atom is -0.328 e. The summed E-state index contributed by atoms with van der Waals surface area (Å²) in [6.07, 6.45) is 10.6. The zero-order valence-corrected chi connectivity index (χ0v) is 12.8. The molecule has 18 heavy (non-hydrogen) atoms. The predicted octanol–water partition coefficient (Wildman–Crippen LogP) is 3.79. The molecule has 108 valence electrons. The SMILES string of the molecule is CCCCC(CC)CN(CC)C1CCC(N)CC1. The van der Waals surface area contributed by atoms with Crippen LogP contribution in [0.1, 0.15) is 72.1 Å². The van der Waals surface area contributed by atoms with Gasteiger partial charge in [0, 0.05) is 18.6 Å². The Hall–Kier alpha value is -0.0800. The molecule has 0 spiro atoms. The third kappa shape index (κ3) is 5.27. The van der Waals surface area contributed by atoms with E-state index in [-0.39, 0.29) is 0 Å². The van der Waals surface area contributed by atoms with Crippen molar-refractivity contribution in [2.45, 2.75) is 84.2 Å². The molecular formula is C16H34N2. The van der Waals surface area contributed by atoms with Crippen molar-refractivity contribution in [2.75, 3.05) is 13.1 Å². The Labute approximate surface area is 114 Å². The van der Waals surface area contributed by atoms with Gasteiger partial charge in [-0.1, -0.05) is 40.0 Å². The zero-order valence-electron chi connectivity index (χ0n) is 12.8. The second-order valence-corrected chi connectivity index (χ2v) is 6.07. The molecule has 2 nitrogen and oxygen atoms in total. The molecule has 2 heteroatoms. The normalized spacial score (nSPS) is 26.5. The van der Waals surface area contributed by atoms with E-state index in [4.69, 9.17) is 5.73 Å². The lowest BCUT2D eigenvalue weighted by Gasteiger charge is -2.37. The van der Waals surface area contributed by atoms with Crippen molar-refractivity contribution in [1.82, 2.24) is 4.90 Å². The van der Waals surface area contributed by atoms with Crippen LogP contribution in [0.25, 0.3) is 0 Å². The molecule has 0 heterocycles. The fourth-order valence-electron chi connectivity index (χ4n) is 3.25. The van der Waals surface area contributed by atoms with E-state index in [1.54, 1.807) is 0 Å². The number of hydrogen-bond donors (Lipinski definition) is 1. The van der Waals surface area contributed by atoms with Gasteiger partial charge in [-0.25, -0.2) is 0 Å². The number of hydrogen-bond acceptors (Lipinski definition) is 2. The van der Waals surface area contributed by atoms with Crippen LogP contribution >= 0.6 is 0 Å². The van der Waals surface area contributed by atoms with Gasteiger partial charge in [0.1, 0.15) is 0 Å². The second kappa shape index (κ2) is 8.92. The van der Waals surface area contributed by atoms with E-state index in [2.05, 4.69) is 25.7 Å². The van der Waals surface area contributed by atoms with Gasteiger partial charge >= 0.3 is 0 Å². The number of unbranched alkanes of at least 4 members (excludes halogenated alkanes) is 1. The van der Waals surface area contributed by atoms with Gasteiger partial charge in [0.2, 0.25) is 0 Å². The maximum atomic E-state index is 6.01. The summed E-state index contributed by atoms with van der Waals surface area (Å²) in [5.41, 5.74) is 6.01. The molecule has 1 atom stereocenters. The van der Waals surface area contributed by atoms with Crippen molar-refractivity contribution in [1.29, 1.82) is 0 Å². The first kappa shape index (κ1) is 16.0. The molecule has 1 aliphatic rings. The van der Waals surface area contributed by atoms with Crippen LogP contribution in [0.5, 0.6) is 0 Å². The van der Waals surface area contributed by atoms with Gasteiger partial charge in [-0.3, -0.25) is 0 Å². The molecule has 0 saturated heterocycles. The summed E-state index contributed by atoms with van der Waals surface area (Å²) >= 11 is 0. The molecule has 0 aromatic heterocycles. The van der Waals surface area contributed by atoms with Gasteiger partial charge in [0.05, 0.1) is 0 Å². The first-order chi connectivity index (χ1) is 8.71. The van der Waals surface area contributed by atoms with Crippen LogP contribution in [0.4, 0.5) is 0 Å². The molecular weight excluding hydrogens is 220 g/mol. The monoisotopic (exact) mass is 254 g/mol. The summed E-state index contributed by atoms with van der Waals surface area (Å²) in [7, 11) is 0. The van der Waals surface area contributed by atoms with Crippen molar-refractivity contribution >= 4 is 0 Å². The molecule has 1 fully saturated rings. The van der Waals surface area contributed by atoms with Gasteiger partial charge in [-0.15, -0.1) is 0 Å². The Balaban J connectivity index is 2.39. The first-order valence-electron chi connectivity index (χ1n) is 8.20. The quantitative estimate of drug-likeness (QED) is 0.714. The summed E-state index contributed by atoms with van der Waals surface area (Å²) in [6.45, 7) is 9.49. The largest absolute Gasteiger partial charge is 0.328 e. The standard InChI is InChI=1S/C16H34N2/c1-4-7-8-14(5-2)13-18(6-3)16-11-9-15(17)10-12-16/h14-16H,4-13,17H2,1-3H3. The van der Waals surface area contributed by atoms with Crippen LogP contribution in [-0.2, 0) is 0 Å². The molecule has 1 aliphatic carbocycles. The Morgan fingerprint density at radius 1 is 1.11 bits per heavy atom. The molecule has 1 rings (SSSR count). The topological polar surface area (TPSA) is 29.3 Å². The third-order valence-corrected chi connectivity index (χ3v) is 4.70. The Morgan fingerprint density at radius 3 is 2.28 bits per heavy atom. The molecule has 0 aromatic rings. The molecule has 1 unspecified atom stereocenters. The molecule has 0 amide bonds. The van der Waals surface area contributed by atoms with Gasteiger partial charge < -0.3 is 10.6 Å². The summed E-state index contributed by atoms with van der Waals surface area (Å²) in [5.74, 6) is 0.903. The first-order valence-corrected chi connectivity index (χ1v) is 8.20. The minimum atomic E-state index is 0.474. The molecule has 0 bridgehead atoms. The average molecular weight is 254 g/mol. The van der Waals surface area contributed by atoms with Gasteiger partial charge in [0.25, 0.3) is 0 Å². The van der Waals surface area contributed by atoms with E-state index in [0.29, 0.717) is 6.04 Å². The van der Waals surface area contributed by atoms with Gasteiger partial charge in [-0.05, 0) is 44.6 Å². The van der Waals surface area contributed by atoms with Crippen molar-refractivity contribution in [3.63, 3.8) is 0 Å². The minimum absolute atomic E-state index is 0.474. The van der Waals surface area contributed by atoms with Crippen LogP contribution in [0.2, 0.25) is 0 Å². The molecule has 1 saturated carbocycles. The summed E-state index contributed by atoms with van der Waals surface area (Å²) in [6, 6.07) is 1.28. The molecule has 0 aliphatic heterocycles. The van der Waals surface area contributed by atoms with Gasteiger partial charge in [-0.2, -0.15) is 0 Å². The van der Waals surface area contributed by atoms with Gasteiger partial charge in [0.15, 0.2) is 0 Å². The van der Waals surface area contributed by atoms with Crippen LogP contribution < -0.4 is 5.73 Å². The van der Waals surface area contributed by atoms with Crippen molar-refractivity contribution in [2.24, 2.45) is 11.7 Å². The fourth-order valence-corrected chi connectivity index (χ4v) is 3.25. The van der Waals surface area contributed by atoms with Crippen LogP contribution in [0.15, 0.2) is 0 Å². The average Bonchev–Trinajstić information content (AvgIpc) is 2.40. The summed E-state index contributed by atoms with van der Waals surface area (Å²) < 4.78 is 0. The lowest BCUT2D eigenvalue weighted by Crippen LogP contribution is -2.42. The van der Waals surface area contributed by atoms with E-state index in [9.17, 15) is 0 Å². The Morgan fingerprint density at radius 2 is 1.78 bits per heavy atom. The van der Waals surface area contributed by atoms with Crippen molar-refractivity contribution < 1.29 is 0 Å². The molecule has 0 radical (unpaired) electrons. The summed E-state index contributed by atoms with van der Waals surface area (Å²) in [4.78, 5) is 2.73. The van der Waals surface area contributed by atoms with Crippen LogP contribution in [0, 0.1) is 5.92 Å². The Bertz CT molecular complexity index is 197. The molecule has 2 N–H and O–H groups in total. The Kier molecular flexibility index (Phi) is 7.92. The van der Waals surface area contributed by atoms with E-state index in [0.717, 1.165) is 12.0 Å². The van der Waals surface area contributed by atoms with E-state index in [1.165, 1.54) is 64.5 Å². The maximum absolute atomic E-state index is 6.01. The number of rotatable bonds is 8. The highest BCUT2D eigenvalue weighted by Gasteiger charge is 2.24. The lowest BCUT2D eigenvalue weighted by molar-refractivity contribution is 0.130. The highest BCUT2D eigenvalue weighted by Crippen LogP contribution is 2.24. The number of nitrogens with two attached hydrogens (primary N) is 1. The summed E-state index contributed by atoms with van der Waals surface area (Å²) in [5, 5.41) is 0. The highest BCUT2D eigenvalue weighted by molar-refractivity contribution is 4.81. The smallest absolute Gasteiger partial charge is 0.00964 e. The van der Waals surface area contributed by atoms with Crippen molar-refractivity contribution in [3.05, 3.63) is 0 Å². The lowest BCUT2D eigenvalue weighted by atomic mass is 9.89. The maximum Gasteiger partial charge on any atom is 0.00964 e. The fraction of sp³-hybridized carbons (Fsp3) is 1.00. The molecule has 0 aromatic carbocycles. The van der Waals surface area contributed by atoms with Crippen LogP contribution in [-0.4, -0.2) is 30.1 Å². The predicted molar refractivity (Wildman–Crippen MR) is 80.8 cm³/mol. The zero-order chi connectivity index (χ0) is 13.4. The van der Waals surface area contributed by atoms with E-state index >= 15 is 0 Å². The highest BCUT2D eigenvalue weighted by atomic mass is 15.2. The van der Waals surface area contributed by atoms with E-state index in [1.807, 2.05) is 0 Å². The number of nitrogens with zero attached hydrogens (tertiary/aromatic N) is 1. The second-order valence-electron chi connectivity index (χ2n) is 6.07. The van der Waals surface area contributed by atoms with Crippen LogP contribution in [0.3, 0.4) is 0 Å². The van der Waals surface area contributed by atoms with E-state index < -0.39 is 0 Å².